The van der Waals surface area contributed by atoms with Crippen molar-refractivity contribution in [3.63, 3.8) is 0 Å². The monoisotopic (exact) mass is 203 g/mol. The molecule has 0 bridgehead atoms. The first-order valence-electron chi connectivity index (χ1n) is 5.50. The van der Waals surface area contributed by atoms with Crippen LogP contribution in [0.2, 0.25) is 0 Å². The molecule has 0 aromatic carbocycles. The highest BCUT2D eigenvalue weighted by Crippen LogP contribution is 2.35. The Labute approximate surface area is 90.6 Å². The average Bonchev–Trinajstić information content (AvgIpc) is 2.42. The van der Waals surface area contributed by atoms with Crippen molar-refractivity contribution in [1.82, 2.24) is 4.57 Å². The van der Waals surface area contributed by atoms with Gasteiger partial charge in [-0.1, -0.05) is 6.58 Å². The summed E-state index contributed by atoms with van der Waals surface area (Å²) in [4.78, 5) is 11.6. The molecule has 0 unspecified atom stereocenters. The van der Waals surface area contributed by atoms with Gasteiger partial charge >= 0.3 is 0 Å². The molecule has 2 rings (SSSR count). The van der Waals surface area contributed by atoms with Gasteiger partial charge in [-0.15, -0.1) is 0 Å². The van der Waals surface area contributed by atoms with Crippen LogP contribution in [0.15, 0.2) is 18.7 Å². The molecule has 1 aromatic rings. The van der Waals surface area contributed by atoms with Gasteiger partial charge in [-0.3, -0.25) is 4.79 Å². The molecule has 80 valence electrons. The van der Waals surface area contributed by atoms with Gasteiger partial charge in [-0.2, -0.15) is 0 Å². The van der Waals surface area contributed by atoms with Crippen molar-refractivity contribution in [3.05, 3.63) is 35.7 Å². The van der Waals surface area contributed by atoms with Gasteiger partial charge in [0.1, 0.15) is 0 Å². The topological polar surface area (TPSA) is 22.0 Å². The van der Waals surface area contributed by atoms with E-state index in [-0.39, 0.29) is 5.78 Å². The summed E-state index contributed by atoms with van der Waals surface area (Å²) in [5, 5.41) is 0. The van der Waals surface area contributed by atoms with E-state index in [0.717, 1.165) is 11.3 Å². The van der Waals surface area contributed by atoms with Gasteiger partial charge in [-0.25, -0.2) is 0 Å². The lowest BCUT2D eigenvalue weighted by molar-refractivity contribution is 0.104. The number of aromatic nitrogens is 1. The minimum Gasteiger partial charge on any atom is -0.345 e. The van der Waals surface area contributed by atoms with E-state index < -0.39 is 0 Å². The third-order valence-electron chi connectivity index (χ3n) is 3.38. The van der Waals surface area contributed by atoms with E-state index in [4.69, 9.17) is 0 Å². The smallest absolute Gasteiger partial charge is 0.187 e. The summed E-state index contributed by atoms with van der Waals surface area (Å²) < 4.78 is 2.31. The Morgan fingerprint density at radius 2 is 2.20 bits per heavy atom. The first kappa shape index (κ1) is 10.2. The van der Waals surface area contributed by atoms with Gasteiger partial charge in [0.2, 0.25) is 0 Å². The fraction of sp³-hybridized carbons (Fsp3) is 0.462. The summed E-state index contributed by atoms with van der Waals surface area (Å²) in [7, 11) is 0. The van der Waals surface area contributed by atoms with E-state index in [1.165, 1.54) is 31.0 Å². The van der Waals surface area contributed by atoms with Crippen LogP contribution in [0.3, 0.4) is 0 Å². The Hall–Kier alpha value is -1.31. The molecule has 1 heterocycles. The predicted octanol–water partition coefficient (Wildman–Crippen LogP) is 3.20. The zero-order valence-corrected chi connectivity index (χ0v) is 9.42. The van der Waals surface area contributed by atoms with E-state index in [0.29, 0.717) is 6.04 Å². The average molecular weight is 203 g/mol. The van der Waals surface area contributed by atoms with E-state index >= 15 is 0 Å². The van der Waals surface area contributed by atoms with Gasteiger partial charge in [-0.05, 0) is 45.3 Å². The van der Waals surface area contributed by atoms with E-state index in [1.807, 2.05) is 13.0 Å². The first-order valence-corrected chi connectivity index (χ1v) is 5.50. The minimum atomic E-state index is 0.0358. The fourth-order valence-electron chi connectivity index (χ4n) is 2.34. The molecular formula is C13H17NO. The highest BCUT2D eigenvalue weighted by molar-refractivity contribution is 6.05. The normalized spacial score (nSPS) is 16.1. The lowest BCUT2D eigenvalue weighted by Gasteiger charge is -2.30. The van der Waals surface area contributed by atoms with E-state index in [1.54, 1.807) is 0 Å². The number of nitrogens with zero attached hydrogens (tertiary/aromatic N) is 1. The molecule has 0 atom stereocenters. The Morgan fingerprint density at radius 3 is 2.67 bits per heavy atom. The number of carbonyl (C=O) groups excluding carboxylic acids is 1. The zero-order chi connectivity index (χ0) is 11.0. The van der Waals surface area contributed by atoms with Gasteiger partial charge in [0, 0.05) is 23.0 Å². The lowest BCUT2D eigenvalue weighted by atomic mass is 9.92. The van der Waals surface area contributed by atoms with Crippen molar-refractivity contribution in [2.24, 2.45) is 0 Å². The molecule has 0 radical (unpaired) electrons. The van der Waals surface area contributed by atoms with Crippen molar-refractivity contribution in [2.75, 3.05) is 0 Å². The second kappa shape index (κ2) is 3.69. The molecule has 2 heteroatoms. The molecule has 0 amide bonds. The predicted molar refractivity (Wildman–Crippen MR) is 61.3 cm³/mol. The number of rotatable bonds is 3. The quantitative estimate of drug-likeness (QED) is 0.546. The summed E-state index contributed by atoms with van der Waals surface area (Å²) in [6.45, 7) is 7.64. The third-order valence-corrected chi connectivity index (χ3v) is 3.38. The third kappa shape index (κ3) is 1.54. The van der Waals surface area contributed by atoms with Crippen LogP contribution >= 0.6 is 0 Å². The second-order valence-corrected chi connectivity index (χ2v) is 4.31. The van der Waals surface area contributed by atoms with E-state index in [2.05, 4.69) is 18.1 Å². The molecule has 1 fully saturated rings. The Balaban J connectivity index is 2.42. The Morgan fingerprint density at radius 1 is 1.53 bits per heavy atom. The number of aryl methyl sites for hydroxylation is 1. The SMILES string of the molecule is C=CC(=O)c1cc(C)n(C2CCC2)c1C. The molecular weight excluding hydrogens is 186 g/mol. The van der Waals surface area contributed by atoms with Gasteiger partial charge in [0.15, 0.2) is 5.78 Å². The van der Waals surface area contributed by atoms with Crippen LogP contribution < -0.4 is 0 Å². The molecule has 0 N–H and O–H groups in total. The Kier molecular flexibility index (Phi) is 2.51. The highest BCUT2D eigenvalue weighted by atomic mass is 16.1. The largest absolute Gasteiger partial charge is 0.345 e. The van der Waals surface area contributed by atoms with Crippen LogP contribution in [0.4, 0.5) is 0 Å². The van der Waals surface area contributed by atoms with Crippen molar-refractivity contribution >= 4 is 5.78 Å². The molecule has 1 aliphatic rings. The molecule has 1 aliphatic carbocycles. The summed E-state index contributed by atoms with van der Waals surface area (Å²) in [5.41, 5.74) is 3.11. The van der Waals surface area contributed by atoms with E-state index in [9.17, 15) is 4.79 Å². The van der Waals surface area contributed by atoms with Gasteiger partial charge in [0.05, 0.1) is 0 Å². The summed E-state index contributed by atoms with van der Waals surface area (Å²) in [5.74, 6) is 0.0358. The van der Waals surface area contributed by atoms with Crippen LogP contribution in [0.25, 0.3) is 0 Å². The van der Waals surface area contributed by atoms with Crippen molar-refractivity contribution in [2.45, 2.75) is 39.2 Å². The molecule has 0 saturated heterocycles. The van der Waals surface area contributed by atoms with Gasteiger partial charge < -0.3 is 4.57 Å². The molecule has 0 spiro atoms. The second-order valence-electron chi connectivity index (χ2n) is 4.31. The standard InChI is InChI=1S/C13H17NO/c1-4-13(15)12-8-9(2)14(10(12)3)11-6-5-7-11/h4,8,11H,1,5-7H2,2-3H3. The van der Waals surface area contributed by atoms with Crippen LogP contribution in [0, 0.1) is 13.8 Å². The minimum absolute atomic E-state index is 0.0358. The maximum Gasteiger partial charge on any atom is 0.187 e. The summed E-state index contributed by atoms with van der Waals surface area (Å²) in [6, 6.07) is 2.61. The Bertz CT molecular complexity index is 410. The molecule has 1 saturated carbocycles. The van der Waals surface area contributed by atoms with Gasteiger partial charge in [0.25, 0.3) is 0 Å². The first-order chi connectivity index (χ1) is 7.15. The summed E-state index contributed by atoms with van der Waals surface area (Å²) in [6.07, 6.45) is 5.20. The molecule has 0 aliphatic heterocycles. The number of ketones is 1. The highest BCUT2D eigenvalue weighted by Gasteiger charge is 2.24. The van der Waals surface area contributed by atoms with Crippen LogP contribution in [0.1, 0.15) is 47.1 Å². The van der Waals surface area contributed by atoms with Crippen LogP contribution in [-0.2, 0) is 0 Å². The van der Waals surface area contributed by atoms with Crippen molar-refractivity contribution in [1.29, 1.82) is 0 Å². The fourth-order valence-corrected chi connectivity index (χ4v) is 2.34. The number of carbonyl (C=O) groups is 1. The zero-order valence-electron chi connectivity index (χ0n) is 9.42. The molecule has 1 aromatic heterocycles. The van der Waals surface area contributed by atoms with Crippen molar-refractivity contribution in [3.8, 4) is 0 Å². The molecule has 15 heavy (non-hydrogen) atoms. The van der Waals surface area contributed by atoms with Crippen LogP contribution in [-0.4, -0.2) is 10.4 Å². The molecule has 2 nitrogen and oxygen atoms in total. The summed E-state index contributed by atoms with van der Waals surface area (Å²) >= 11 is 0. The lowest BCUT2D eigenvalue weighted by Crippen LogP contribution is -2.19. The van der Waals surface area contributed by atoms with Crippen molar-refractivity contribution < 1.29 is 4.79 Å². The number of allylic oxidation sites excluding steroid dienone is 1. The van der Waals surface area contributed by atoms with Crippen LogP contribution in [0.5, 0.6) is 0 Å². The maximum absolute atomic E-state index is 11.6. The number of hydrogen-bond donors (Lipinski definition) is 0. The maximum atomic E-state index is 11.6. The number of hydrogen-bond acceptors (Lipinski definition) is 1.